The monoisotopic (exact) mass is 546 g/mol. The van der Waals surface area contributed by atoms with Crippen molar-refractivity contribution in [1.82, 2.24) is 10.2 Å². The second kappa shape index (κ2) is 9.23. The molecule has 29 heavy (non-hydrogen) atoms. The molecule has 0 saturated carbocycles. The van der Waals surface area contributed by atoms with Crippen molar-refractivity contribution in [1.29, 1.82) is 0 Å². The number of imide groups is 1. The Morgan fingerprint density at radius 2 is 1.93 bits per heavy atom. The van der Waals surface area contributed by atoms with E-state index in [1.54, 1.807) is 24.3 Å². The molecule has 1 aliphatic heterocycles. The number of hydrogen-bond acceptors (Lipinski definition) is 4. The van der Waals surface area contributed by atoms with Gasteiger partial charge in [0, 0.05) is 22.7 Å². The highest BCUT2D eigenvalue weighted by molar-refractivity contribution is 14.1. The maximum atomic E-state index is 12.1. The van der Waals surface area contributed by atoms with Gasteiger partial charge in [-0.3, -0.25) is 9.69 Å². The van der Waals surface area contributed by atoms with Crippen molar-refractivity contribution in [2.75, 3.05) is 13.7 Å². The fourth-order valence-electron chi connectivity index (χ4n) is 2.65. The SMILES string of the molecule is CCOc1cc(/C=C2/NC(=O)N(C)C2=O)cc(I)c1OCc1ccc(Cl)cc1Cl. The summed E-state index contributed by atoms with van der Waals surface area (Å²) in [7, 11) is 1.42. The van der Waals surface area contributed by atoms with Crippen LogP contribution in [0.5, 0.6) is 11.5 Å². The largest absolute Gasteiger partial charge is 0.490 e. The molecule has 9 heteroatoms. The first-order chi connectivity index (χ1) is 13.8. The number of carbonyl (C=O) groups excluding carboxylic acids is 2. The first-order valence-corrected chi connectivity index (χ1v) is 10.5. The van der Waals surface area contributed by atoms with Crippen molar-refractivity contribution in [3.63, 3.8) is 0 Å². The van der Waals surface area contributed by atoms with Crippen LogP contribution in [-0.2, 0) is 11.4 Å². The lowest BCUT2D eigenvalue weighted by molar-refractivity contribution is -0.121. The molecule has 3 rings (SSSR count). The molecule has 3 amide bonds. The maximum Gasteiger partial charge on any atom is 0.328 e. The Kier molecular flexibility index (Phi) is 6.92. The lowest BCUT2D eigenvalue weighted by atomic mass is 10.1. The minimum absolute atomic E-state index is 0.206. The standard InChI is InChI=1S/C20H17Cl2IN2O4/c1-3-28-17-8-11(7-16-19(26)25(2)20(27)24-16)6-15(23)18(17)29-10-12-4-5-13(21)9-14(12)22/h4-9H,3,10H2,1-2H3,(H,24,27)/b16-7+. The van der Waals surface area contributed by atoms with Crippen molar-refractivity contribution >= 4 is 63.8 Å². The van der Waals surface area contributed by atoms with Crippen LogP contribution in [0.15, 0.2) is 36.0 Å². The van der Waals surface area contributed by atoms with E-state index in [4.69, 9.17) is 32.7 Å². The van der Waals surface area contributed by atoms with Crippen LogP contribution in [0.3, 0.4) is 0 Å². The van der Waals surface area contributed by atoms with Gasteiger partial charge in [-0.25, -0.2) is 4.79 Å². The van der Waals surface area contributed by atoms with Crippen LogP contribution < -0.4 is 14.8 Å². The smallest absolute Gasteiger partial charge is 0.328 e. The number of likely N-dealkylation sites (N-methyl/N-ethyl adjacent to an activating group) is 1. The average Bonchev–Trinajstić information content (AvgIpc) is 2.89. The van der Waals surface area contributed by atoms with Crippen LogP contribution in [-0.4, -0.2) is 30.5 Å². The fourth-order valence-corrected chi connectivity index (χ4v) is 3.90. The topological polar surface area (TPSA) is 67.9 Å². The molecule has 1 fully saturated rings. The molecule has 1 N–H and O–H groups in total. The quantitative estimate of drug-likeness (QED) is 0.311. The van der Waals surface area contributed by atoms with Crippen molar-refractivity contribution in [3.8, 4) is 11.5 Å². The summed E-state index contributed by atoms with van der Waals surface area (Å²) in [6.07, 6.45) is 1.61. The Morgan fingerprint density at radius 1 is 1.17 bits per heavy atom. The zero-order chi connectivity index (χ0) is 21.1. The summed E-state index contributed by atoms with van der Waals surface area (Å²) in [4.78, 5) is 24.7. The molecule has 1 saturated heterocycles. The highest BCUT2D eigenvalue weighted by atomic mass is 127. The molecule has 152 valence electrons. The van der Waals surface area contributed by atoms with Gasteiger partial charge < -0.3 is 14.8 Å². The molecule has 0 aliphatic carbocycles. The number of hydrogen-bond donors (Lipinski definition) is 1. The molecular formula is C20H17Cl2IN2O4. The molecule has 2 aromatic carbocycles. The summed E-state index contributed by atoms with van der Waals surface area (Å²) < 4.78 is 12.5. The van der Waals surface area contributed by atoms with Crippen molar-refractivity contribution < 1.29 is 19.1 Å². The molecule has 0 unspecified atom stereocenters. The normalized spacial score (nSPS) is 15.1. The number of halogens is 3. The third kappa shape index (κ3) is 4.96. The summed E-state index contributed by atoms with van der Waals surface area (Å²) in [5, 5.41) is 3.62. The number of amides is 3. The fraction of sp³-hybridized carbons (Fsp3) is 0.200. The summed E-state index contributed by atoms with van der Waals surface area (Å²) in [6, 6.07) is 8.36. The van der Waals surface area contributed by atoms with Crippen LogP contribution >= 0.6 is 45.8 Å². The van der Waals surface area contributed by atoms with Gasteiger partial charge in [0.15, 0.2) is 11.5 Å². The van der Waals surface area contributed by atoms with Crippen molar-refractivity contribution in [2.45, 2.75) is 13.5 Å². The first-order valence-electron chi connectivity index (χ1n) is 8.64. The van der Waals surface area contributed by atoms with Crippen LogP contribution in [0, 0.1) is 3.57 Å². The summed E-state index contributed by atoms with van der Waals surface area (Å²) >= 11 is 14.3. The minimum Gasteiger partial charge on any atom is -0.490 e. The van der Waals surface area contributed by atoms with Crippen LogP contribution in [0.25, 0.3) is 6.08 Å². The number of nitrogens with one attached hydrogen (secondary N) is 1. The molecule has 0 aromatic heterocycles. The molecule has 1 aliphatic rings. The van der Waals surface area contributed by atoms with E-state index in [0.717, 1.165) is 14.0 Å². The van der Waals surface area contributed by atoms with Gasteiger partial charge in [0.2, 0.25) is 0 Å². The second-order valence-corrected chi connectivity index (χ2v) is 8.15. The molecule has 0 radical (unpaired) electrons. The maximum absolute atomic E-state index is 12.1. The van der Waals surface area contributed by atoms with Gasteiger partial charge >= 0.3 is 6.03 Å². The van der Waals surface area contributed by atoms with E-state index < -0.39 is 6.03 Å². The molecular weight excluding hydrogens is 530 g/mol. The number of rotatable bonds is 6. The van der Waals surface area contributed by atoms with Gasteiger partial charge in [0.1, 0.15) is 12.3 Å². The number of carbonyl (C=O) groups is 2. The predicted molar refractivity (Wildman–Crippen MR) is 120 cm³/mol. The Morgan fingerprint density at radius 3 is 2.55 bits per heavy atom. The van der Waals surface area contributed by atoms with Crippen LogP contribution in [0.1, 0.15) is 18.1 Å². The van der Waals surface area contributed by atoms with Crippen LogP contribution in [0.2, 0.25) is 10.0 Å². The third-order valence-corrected chi connectivity index (χ3v) is 5.50. The van der Waals surface area contributed by atoms with Gasteiger partial charge in [-0.1, -0.05) is 29.3 Å². The number of urea groups is 1. The van der Waals surface area contributed by atoms with Gasteiger partial charge in [-0.15, -0.1) is 0 Å². The Balaban J connectivity index is 1.88. The highest BCUT2D eigenvalue weighted by Gasteiger charge is 2.30. The number of benzene rings is 2. The lowest BCUT2D eigenvalue weighted by Gasteiger charge is -2.15. The van der Waals surface area contributed by atoms with Gasteiger partial charge in [-0.05, 0) is 65.4 Å². The Hall–Kier alpha value is -1.97. The summed E-state index contributed by atoms with van der Waals surface area (Å²) in [5.41, 5.74) is 1.70. The van der Waals surface area contributed by atoms with E-state index in [-0.39, 0.29) is 18.2 Å². The van der Waals surface area contributed by atoms with E-state index in [0.29, 0.717) is 33.7 Å². The molecule has 2 aromatic rings. The third-order valence-electron chi connectivity index (χ3n) is 4.11. The molecule has 1 heterocycles. The first kappa shape index (κ1) is 21.7. The zero-order valence-corrected chi connectivity index (χ0v) is 19.3. The van der Waals surface area contributed by atoms with E-state index in [1.165, 1.54) is 7.05 Å². The van der Waals surface area contributed by atoms with E-state index >= 15 is 0 Å². The van der Waals surface area contributed by atoms with Gasteiger partial charge in [0.05, 0.1) is 10.2 Å². The van der Waals surface area contributed by atoms with E-state index in [2.05, 4.69) is 27.9 Å². The molecule has 6 nitrogen and oxygen atoms in total. The van der Waals surface area contributed by atoms with E-state index in [1.807, 2.05) is 19.1 Å². The summed E-state index contributed by atoms with van der Waals surface area (Å²) in [6.45, 7) is 2.55. The predicted octanol–water partition coefficient (Wildman–Crippen LogP) is 5.10. The molecule has 0 spiro atoms. The Bertz CT molecular complexity index is 1010. The Labute approximate surface area is 191 Å². The van der Waals surface area contributed by atoms with Crippen molar-refractivity contribution in [3.05, 3.63) is 60.8 Å². The van der Waals surface area contributed by atoms with Gasteiger partial charge in [0.25, 0.3) is 5.91 Å². The average molecular weight is 547 g/mol. The van der Waals surface area contributed by atoms with Crippen LogP contribution in [0.4, 0.5) is 4.79 Å². The molecule has 0 atom stereocenters. The summed E-state index contributed by atoms with van der Waals surface area (Å²) in [5.74, 6) is 0.710. The van der Waals surface area contributed by atoms with E-state index in [9.17, 15) is 9.59 Å². The zero-order valence-electron chi connectivity index (χ0n) is 15.6. The van der Waals surface area contributed by atoms with Crippen molar-refractivity contribution in [2.24, 2.45) is 0 Å². The number of nitrogens with zero attached hydrogens (tertiary/aromatic N) is 1. The second-order valence-electron chi connectivity index (χ2n) is 6.14. The minimum atomic E-state index is -0.458. The molecule has 0 bridgehead atoms. The highest BCUT2D eigenvalue weighted by Crippen LogP contribution is 2.36. The lowest BCUT2D eigenvalue weighted by Crippen LogP contribution is -2.25. The van der Waals surface area contributed by atoms with Gasteiger partial charge in [-0.2, -0.15) is 0 Å². The number of ether oxygens (including phenoxy) is 2.